The minimum absolute atomic E-state index is 0.161. The van der Waals surface area contributed by atoms with Crippen LogP contribution in [0.2, 0.25) is 0 Å². The second-order valence-corrected chi connectivity index (χ2v) is 5.24. The van der Waals surface area contributed by atoms with Crippen LogP contribution >= 0.6 is 15.9 Å². The van der Waals surface area contributed by atoms with Gasteiger partial charge in [0.25, 0.3) is 0 Å². The van der Waals surface area contributed by atoms with Gasteiger partial charge in [-0.05, 0) is 34.5 Å². The van der Waals surface area contributed by atoms with Crippen molar-refractivity contribution in [3.05, 3.63) is 33.8 Å². The highest BCUT2D eigenvalue weighted by Gasteiger charge is 2.24. The van der Waals surface area contributed by atoms with Gasteiger partial charge in [-0.2, -0.15) is 0 Å². The number of hydrogen-bond acceptors (Lipinski definition) is 2. The average Bonchev–Trinajstić information content (AvgIpc) is 2.37. The maximum Gasteiger partial charge on any atom is 0.184 e. The summed E-state index contributed by atoms with van der Waals surface area (Å²) in [6, 6.07) is 2.47. The van der Waals surface area contributed by atoms with Gasteiger partial charge >= 0.3 is 0 Å². The third-order valence-corrected chi connectivity index (χ3v) is 3.70. The van der Waals surface area contributed by atoms with Crippen LogP contribution in [-0.2, 0) is 9.47 Å². The number of rotatable bonds is 3. The lowest BCUT2D eigenvalue weighted by Gasteiger charge is -2.29. The second kappa shape index (κ2) is 6.08. The number of ether oxygens (including phenoxy) is 2. The molecule has 1 aromatic rings. The van der Waals surface area contributed by atoms with E-state index >= 15 is 0 Å². The molecule has 0 bridgehead atoms. The molecular weight excluding hydrogens is 306 g/mol. The summed E-state index contributed by atoms with van der Waals surface area (Å²) in [6.45, 7) is 3.24. The summed E-state index contributed by atoms with van der Waals surface area (Å²) in [4.78, 5) is 0. The molecule has 18 heavy (non-hydrogen) atoms. The fourth-order valence-corrected chi connectivity index (χ4v) is 2.25. The van der Waals surface area contributed by atoms with E-state index in [-0.39, 0.29) is 4.47 Å². The van der Waals surface area contributed by atoms with Crippen molar-refractivity contribution >= 4 is 15.9 Å². The van der Waals surface area contributed by atoms with Gasteiger partial charge in [0.2, 0.25) is 0 Å². The summed E-state index contributed by atoms with van der Waals surface area (Å²) in [5.74, 6) is -0.919. The van der Waals surface area contributed by atoms with Crippen LogP contribution in [-0.4, -0.2) is 13.2 Å². The molecule has 0 N–H and O–H groups in total. The lowest BCUT2D eigenvalue weighted by atomic mass is 10.1. The minimum Gasteiger partial charge on any atom is -0.348 e. The molecule has 0 atom stereocenters. The van der Waals surface area contributed by atoms with E-state index in [2.05, 4.69) is 22.9 Å². The molecule has 100 valence electrons. The summed E-state index contributed by atoms with van der Waals surface area (Å²) >= 11 is 2.84. The lowest BCUT2D eigenvalue weighted by molar-refractivity contribution is -0.206. The van der Waals surface area contributed by atoms with Gasteiger partial charge in [-0.15, -0.1) is 0 Å². The van der Waals surface area contributed by atoms with Crippen molar-refractivity contribution in [2.24, 2.45) is 5.92 Å². The van der Waals surface area contributed by atoms with Gasteiger partial charge in [-0.25, -0.2) is 8.78 Å². The van der Waals surface area contributed by atoms with Crippen LogP contribution in [0.25, 0.3) is 0 Å². The molecule has 2 rings (SSSR count). The predicted molar refractivity (Wildman–Crippen MR) is 67.1 cm³/mol. The Hall–Kier alpha value is -0.520. The van der Waals surface area contributed by atoms with Crippen LogP contribution in [0.4, 0.5) is 8.78 Å². The van der Waals surface area contributed by atoms with E-state index in [1.807, 2.05) is 0 Å². The molecule has 0 saturated carbocycles. The van der Waals surface area contributed by atoms with Crippen LogP contribution in [0.1, 0.15) is 31.6 Å². The van der Waals surface area contributed by atoms with Crippen molar-refractivity contribution in [3.8, 4) is 0 Å². The Balaban J connectivity index is 2.05. The SMILES string of the molecule is CCCC1COC(c2cc(F)c(Br)c(F)c2)OC1. The van der Waals surface area contributed by atoms with E-state index in [1.54, 1.807) is 0 Å². The normalized spacial score (nSPS) is 24.2. The number of benzene rings is 1. The monoisotopic (exact) mass is 320 g/mol. The van der Waals surface area contributed by atoms with E-state index in [9.17, 15) is 8.78 Å². The van der Waals surface area contributed by atoms with Gasteiger partial charge in [-0.3, -0.25) is 0 Å². The molecular formula is C13H15BrF2O2. The third-order valence-electron chi connectivity index (χ3n) is 2.94. The Bertz CT molecular complexity index is 394. The third kappa shape index (κ3) is 3.08. The molecule has 1 saturated heterocycles. The Labute approximate surface area is 113 Å². The van der Waals surface area contributed by atoms with E-state index in [4.69, 9.17) is 9.47 Å². The largest absolute Gasteiger partial charge is 0.348 e. The molecule has 1 aliphatic heterocycles. The Morgan fingerprint density at radius 3 is 2.28 bits per heavy atom. The van der Waals surface area contributed by atoms with Crippen molar-refractivity contribution < 1.29 is 18.3 Å². The quantitative estimate of drug-likeness (QED) is 0.777. The average molecular weight is 321 g/mol. The summed E-state index contributed by atoms with van der Waals surface area (Å²) in [6.07, 6.45) is 1.44. The molecule has 1 aromatic carbocycles. The summed E-state index contributed by atoms with van der Waals surface area (Å²) < 4.78 is 37.6. The summed E-state index contributed by atoms with van der Waals surface area (Å²) in [5, 5.41) is 0. The van der Waals surface area contributed by atoms with E-state index < -0.39 is 17.9 Å². The Kier molecular flexibility index (Phi) is 4.70. The molecule has 0 unspecified atom stereocenters. The fraction of sp³-hybridized carbons (Fsp3) is 0.538. The minimum atomic E-state index is -0.671. The fourth-order valence-electron chi connectivity index (χ4n) is 2.02. The van der Waals surface area contributed by atoms with Gasteiger partial charge < -0.3 is 9.47 Å². The van der Waals surface area contributed by atoms with Gasteiger partial charge in [0.15, 0.2) is 6.29 Å². The highest BCUT2D eigenvalue weighted by Crippen LogP contribution is 2.30. The van der Waals surface area contributed by atoms with Crippen molar-refractivity contribution in [1.29, 1.82) is 0 Å². The second-order valence-electron chi connectivity index (χ2n) is 4.45. The maximum absolute atomic E-state index is 13.4. The van der Waals surface area contributed by atoms with Gasteiger partial charge in [0.1, 0.15) is 11.6 Å². The zero-order valence-corrected chi connectivity index (χ0v) is 11.7. The first kappa shape index (κ1) is 13.9. The molecule has 1 aliphatic rings. The molecule has 0 spiro atoms. The molecule has 2 nitrogen and oxygen atoms in total. The van der Waals surface area contributed by atoms with Crippen molar-refractivity contribution in [2.45, 2.75) is 26.1 Å². The van der Waals surface area contributed by atoms with E-state index in [1.165, 1.54) is 12.1 Å². The highest BCUT2D eigenvalue weighted by atomic mass is 79.9. The first-order valence-corrected chi connectivity index (χ1v) is 6.78. The molecule has 0 radical (unpaired) electrons. The molecule has 5 heteroatoms. The molecule has 1 heterocycles. The Morgan fingerprint density at radius 2 is 1.78 bits per heavy atom. The van der Waals surface area contributed by atoms with E-state index in [0.717, 1.165) is 12.8 Å². The summed E-state index contributed by atoms with van der Waals surface area (Å²) in [7, 11) is 0. The summed E-state index contributed by atoms with van der Waals surface area (Å²) in [5.41, 5.74) is 0.378. The highest BCUT2D eigenvalue weighted by molar-refractivity contribution is 9.10. The first-order valence-electron chi connectivity index (χ1n) is 5.99. The lowest BCUT2D eigenvalue weighted by Crippen LogP contribution is -2.27. The first-order chi connectivity index (χ1) is 8.61. The maximum atomic E-state index is 13.4. The number of hydrogen-bond donors (Lipinski definition) is 0. The zero-order chi connectivity index (χ0) is 13.1. The number of halogens is 3. The van der Waals surface area contributed by atoms with Crippen LogP contribution in [0.15, 0.2) is 16.6 Å². The predicted octanol–water partition coefficient (Wildman–Crippen LogP) is 4.19. The van der Waals surface area contributed by atoms with Gasteiger partial charge in [0, 0.05) is 11.5 Å². The molecule has 0 aromatic heterocycles. The molecule has 1 fully saturated rings. The standard InChI is InChI=1S/C13H15BrF2O2/c1-2-3-8-6-17-13(18-7-8)9-4-10(15)12(14)11(16)5-9/h4-5,8,13H,2-3,6-7H2,1H3. The van der Waals surface area contributed by atoms with Gasteiger partial charge in [-0.1, -0.05) is 13.3 Å². The van der Waals surface area contributed by atoms with Crippen molar-refractivity contribution in [2.75, 3.05) is 13.2 Å². The Morgan fingerprint density at radius 1 is 1.22 bits per heavy atom. The van der Waals surface area contributed by atoms with Crippen molar-refractivity contribution in [1.82, 2.24) is 0 Å². The smallest absolute Gasteiger partial charge is 0.184 e. The van der Waals surface area contributed by atoms with Crippen LogP contribution < -0.4 is 0 Å². The molecule has 0 aliphatic carbocycles. The zero-order valence-electron chi connectivity index (χ0n) is 10.1. The van der Waals surface area contributed by atoms with Gasteiger partial charge in [0.05, 0.1) is 17.7 Å². The van der Waals surface area contributed by atoms with Crippen LogP contribution in [0.3, 0.4) is 0 Å². The topological polar surface area (TPSA) is 18.5 Å². The van der Waals surface area contributed by atoms with Crippen molar-refractivity contribution in [3.63, 3.8) is 0 Å². The van der Waals surface area contributed by atoms with Crippen LogP contribution in [0, 0.1) is 17.6 Å². The van der Waals surface area contributed by atoms with E-state index in [0.29, 0.717) is 24.7 Å². The van der Waals surface area contributed by atoms with Crippen LogP contribution in [0.5, 0.6) is 0 Å². The molecule has 0 amide bonds.